The number of aromatic nitrogens is 4. The van der Waals surface area contributed by atoms with Gasteiger partial charge in [0.05, 0.1) is 29.2 Å². The summed E-state index contributed by atoms with van der Waals surface area (Å²) < 4.78 is 9.94. The highest BCUT2D eigenvalue weighted by Gasteiger charge is 2.24. The largest absolute Gasteiger partial charge is 0.453 e. The van der Waals surface area contributed by atoms with Crippen molar-refractivity contribution in [1.82, 2.24) is 35.9 Å². The smallest absolute Gasteiger partial charge is 0.407 e. The van der Waals surface area contributed by atoms with Gasteiger partial charge in [0.25, 0.3) is 0 Å². The van der Waals surface area contributed by atoms with Gasteiger partial charge in [0, 0.05) is 25.9 Å². The molecule has 0 unspecified atom stereocenters. The summed E-state index contributed by atoms with van der Waals surface area (Å²) in [5.41, 5.74) is 7.86. The van der Waals surface area contributed by atoms with Crippen molar-refractivity contribution in [2.45, 2.75) is 84.8 Å². The SMILES string of the molecule is COC(=O)N[C@H](C(=O)NCCCCc1nc2ccc(-c3ccc4cc(-c5ccc6nc(CCCCNC(=O)OC(C)(C)C)[nH]c6c5)ccc4c3)cc2[nH]1)C(C)C. The van der Waals surface area contributed by atoms with Crippen molar-refractivity contribution in [1.29, 1.82) is 0 Å². The maximum atomic E-state index is 12.6. The predicted octanol–water partition coefficient (Wildman–Crippen LogP) is 8.59. The second-order valence-electron chi connectivity index (χ2n) is 15.6. The Morgan fingerprint density at radius 1 is 0.661 bits per heavy atom. The van der Waals surface area contributed by atoms with Crippen LogP contribution in [0.15, 0.2) is 72.8 Å². The molecule has 3 amide bonds. The van der Waals surface area contributed by atoms with Gasteiger partial charge in [-0.3, -0.25) is 4.79 Å². The van der Waals surface area contributed by atoms with Gasteiger partial charge < -0.3 is 35.4 Å². The number of imidazole rings is 2. The number of amides is 3. The Morgan fingerprint density at radius 2 is 1.14 bits per heavy atom. The molecule has 2 aromatic heterocycles. The highest BCUT2D eigenvalue weighted by Crippen LogP contribution is 2.31. The first-order valence-electron chi connectivity index (χ1n) is 19.5. The second-order valence-corrected chi connectivity index (χ2v) is 15.6. The van der Waals surface area contributed by atoms with Crippen LogP contribution in [0.25, 0.3) is 55.1 Å². The molecule has 0 radical (unpaired) electrons. The molecule has 0 fully saturated rings. The number of unbranched alkanes of at least 4 members (excludes halogenated alkanes) is 2. The minimum Gasteiger partial charge on any atom is -0.453 e. The van der Waals surface area contributed by atoms with E-state index in [4.69, 9.17) is 14.7 Å². The van der Waals surface area contributed by atoms with E-state index in [0.717, 1.165) is 105 Å². The molecule has 6 aromatic rings. The van der Waals surface area contributed by atoms with Gasteiger partial charge >= 0.3 is 12.2 Å². The third-order valence-electron chi connectivity index (χ3n) is 9.62. The fourth-order valence-electron chi connectivity index (χ4n) is 6.71. The molecule has 12 nitrogen and oxygen atoms in total. The van der Waals surface area contributed by atoms with E-state index in [1.807, 2.05) is 34.6 Å². The molecule has 0 aliphatic heterocycles. The molecule has 0 saturated carbocycles. The van der Waals surface area contributed by atoms with Crippen molar-refractivity contribution < 1.29 is 23.9 Å². The third kappa shape index (κ3) is 10.4. The zero-order chi connectivity index (χ0) is 39.8. The molecule has 4 aromatic carbocycles. The minimum absolute atomic E-state index is 0.0618. The van der Waals surface area contributed by atoms with Crippen molar-refractivity contribution in [3.8, 4) is 22.3 Å². The standard InChI is InChI=1S/C44H53N7O5/c1-27(2)40(51-43(54)55-6)41(52)45-21-9-7-11-38-47-34-19-17-32(25-36(34)49-38)30-15-13-29-24-31(16-14-28(29)23-30)33-18-20-35-37(26-33)50-39(48-35)12-8-10-22-46-42(53)56-44(3,4)5/h13-20,23-27,40H,7-12,21-22H2,1-6H3,(H,45,52)(H,46,53)(H,47,49)(H,48,50)(H,51,54)/t40-/m0/s1. The van der Waals surface area contributed by atoms with Crippen LogP contribution in [-0.4, -0.2) is 69.9 Å². The number of alkyl carbamates (subject to hydrolysis) is 2. The van der Waals surface area contributed by atoms with Crippen LogP contribution in [0, 0.1) is 5.92 Å². The number of H-pyrrole nitrogens is 2. The Balaban J connectivity index is 1.02. The fourth-order valence-corrected chi connectivity index (χ4v) is 6.71. The lowest BCUT2D eigenvalue weighted by molar-refractivity contribution is -0.124. The van der Waals surface area contributed by atoms with Crippen LogP contribution in [0.1, 0.15) is 72.0 Å². The Morgan fingerprint density at radius 3 is 1.62 bits per heavy atom. The molecule has 6 rings (SSSR count). The van der Waals surface area contributed by atoms with E-state index in [-0.39, 0.29) is 17.9 Å². The number of fused-ring (bicyclic) bond motifs is 3. The molecule has 56 heavy (non-hydrogen) atoms. The van der Waals surface area contributed by atoms with Crippen LogP contribution in [-0.2, 0) is 27.1 Å². The van der Waals surface area contributed by atoms with Crippen LogP contribution in [0.5, 0.6) is 0 Å². The number of hydrogen-bond acceptors (Lipinski definition) is 7. The summed E-state index contributed by atoms with van der Waals surface area (Å²) in [7, 11) is 1.28. The van der Waals surface area contributed by atoms with Crippen LogP contribution >= 0.6 is 0 Å². The monoisotopic (exact) mass is 759 g/mol. The third-order valence-corrected chi connectivity index (χ3v) is 9.62. The first-order chi connectivity index (χ1) is 26.8. The van der Waals surface area contributed by atoms with Crippen molar-refractivity contribution in [2.24, 2.45) is 5.92 Å². The molecule has 12 heteroatoms. The summed E-state index contributed by atoms with van der Waals surface area (Å²) >= 11 is 0. The van der Waals surface area contributed by atoms with Crippen LogP contribution in [0.3, 0.4) is 0 Å². The average Bonchev–Trinajstić information content (AvgIpc) is 3.77. The van der Waals surface area contributed by atoms with Gasteiger partial charge in [-0.25, -0.2) is 19.6 Å². The number of carbonyl (C=O) groups excluding carboxylic acids is 3. The second kappa shape index (κ2) is 17.7. The summed E-state index contributed by atoms with van der Waals surface area (Å²) in [6, 6.07) is 25.2. The van der Waals surface area contributed by atoms with Gasteiger partial charge in [0.15, 0.2) is 0 Å². The van der Waals surface area contributed by atoms with Gasteiger partial charge in [-0.15, -0.1) is 0 Å². The van der Waals surface area contributed by atoms with Gasteiger partial charge in [-0.05, 0) is 122 Å². The Bertz CT molecular complexity index is 2320. The van der Waals surface area contributed by atoms with E-state index in [2.05, 4.69) is 103 Å². The van der Waals surface area contributed by atoms with Crippen LogP contribution in [0.2, 0.25) is 0 Å². The first-order valence-corrected chi connectivity index (χ1v) is 19.5. The van der Waals surface area contributed by atoms with Gasteiger partial charge in [0.2, 0.25) is 5.91 Å². The molecule has 0 bridgehead atoms. The molecule has 1 atom stereocenters. The molecule has 0 aliphatic rings. The molecule has 0 aliphatic carbocycles. The molecular formula is C44H53N7O5. The summed E-state index contributed by atoms with van der Waals surface area (Å²) in [5.74, 6) is 1.58. The number of aromatic amines is 2. The fraction of sp³-hybridized carbons (Fsp3) is 0.386. The lowest BCUT2D eigenvalue weighted by Crippen LogP contribution is -2.49. The molecule has 0 saturated heterocycles. The Kier molecular flexibility index (Phi) is 12.6. The maximum absolute atomic E-state index is 12.6. The number of aryl methyl sites for hydroxylation is 2. The van der Waals surface area contributed by atoms with Gasteiger partial charge in [0.1, 0.15) is 23.3 Å². The van der Waals surface area contributed by atoms with Crippen LogP contribution in [0.4, 0.5) is 9.59 Å². The number of ether oxygens (including phenoxy) is 2. The minimum atomic E-state index is -0.642. The van der Waals surface area contributed by atoms with E-state index in [1.54, 1.807) is 0 Å². The number of carbonyl (C=O) groups is 3. The Labute approximate surface area is 327 Å². The average molecular weight is 760 g/mol. The van der Waals surface area contributed by atoms with E-state index in [9.17, 15) is 14.4 Å². The highest BCUT2D eigenvalue weighted by atomic mass is 16.6. The van der Waals surface area contributed by atoms with Crippen LogP contribution < -0.4 is 16.0 Å². The first kappa shape index (κ1) is 39.8. The van der Waals surface area contributed by atoms with Crippen molar-refractivity contribution >= 4 is 50.9 Å². The van der Waals surface area contributed by atoms with Gasteiger partial charge in [-0.2, -0.15) is 0 Å². The molecular weight excluding hydrogens is 707 g/mol. The summed E-state index contributed by atoms with van der Waals surface area (Å²) in [5, 5.41) is 10.7. The number of nitrogens with one attached hydrogen (secondary N) is 5. The summed E-state index contributed by atoms with van der Waals surface area (Å²) in [6.45, 7) is 10.4. The number of hydrogen-bond donors (Lipinski definition) is 5. The summed E-state index contributed by atoms with van der Waals surface area (Å²) in [4.78, 5) is 52.6. The predicted molar refractivity (Wildman–Crippen MR) is 221 cm³/mol. The maximum Gasteiger partial charge on any atom is 0.407 e. The molecule has 5 N–H and O–H groups in total. The lowest BCUT2D eigenvalue weighted by atomic mass is 9.97. The quantitative estimate of drug-likeness (QED) is 0.0655. The van der Waals surface area contributed by atoms with E-state index < -0.39 is 17.7 Å². The van der Waals surface area contributed by atoms with Crippen molar-refractivity contribution in [3.63, 3.8) is 0 Å². The van der Waals surface area contributed by atoms with E-state index in [0.29, 0.717) is 13.1 Å². The van der Waals surface area contributed by atoms with Crippen molar-refractivity contribution in [3.05, 3.63) is 84.4 Å². The molecule has 294 valence electrons. The Hall–Kier alpha value is -5.91. The summed E-state index contributed by atoms with van der Waals surface area (Å²) in [6.07, 6.45) is 3.94. The van der Waals surface area contributed by atoms with Crippen molar-refractivity contribution in [2.75, 3.05) is 20.2 Å². The molecule has 0 spiro atoms. The van der Waals surface area contributed by atoms with Gasteiger partial charge in [-0.1, -0.05) is 50.2 Å². The topological polar surface area (TPSA) is 163 Å². The zero-order valence-electron chi connectivity index (χ0n) is 33.2. The van der Waals surface area contributed by atoms with E-state index in [1.165, 1.54) is 7.11 Å². The number of rotatable bonds is 15. The molecule has 2 heterocycles. The number of methoxy groups -OCH3 is 1. The van der Waals surface area contributed by atoms with E-state index >= 15 is 0 Å². The number of nitrogens with zero attached hydrogens (tertiary/aromatic N) is 2. The zero-order valence-corrected chi connectivity index (χ0v) is 33.2. The normalized spacial score (nSPS) is 12.3. The highest BCUT2D eigenvalue weighted by molar-refractivity contribution is 5.93. The lowest BCUT2D eigenvalue weighted by Gasteiger charge is -2.20. The number of benzene rings is 4.